The predicted octanol–water partition coefficient (Wildman–Crippen LogP) is 0.650. The van der Waals surface area contributed by atoms with E-state index in [0.717, 1.165) is 11.8 Å². The number of hydrogen-bond acceptors (Lipinski definition) is 9. The summed E-state index contributed by atoms with van der Waals surface area (Å²) < 4.78 is 6.83. The number of esters is 1. The van der Waals surface area contributed by atoms with Gasteiger partial charge in [0.15, 0.2) is 5.69 Å². The van der Waals surface area contributed by atoms with E-state index in [4.69, 9.17) is 0 Å². The lowest BCUT2D eigenvalue weighted by Gasteiger charge is -2.03. The molecule has 14 heteroatoms. The summed E-state index contributed by atoms with van der Waals surface area (Å²) in [5.74, 6) is -2.44. The Morgan fingerprint density at radius 2 is 1.93 bits per heavy atom. The Kier molecular flexibility index (Phi) is 5.48. The van der Waals surface area contributed by atoms with Gasteiger partial charge in [-0.05, 0) is 18.8 Å². The smallest absolute Gasteiger partial charge is 0.464 e. The van der Waals surface area contributed by atoms with Crippen molar-refractivity contribution in [2.24, 2.45) is 0 Å². The van der Waals surface area contributed by atoms with Gasteiger partial charge in [-0.15, -0.1) is 0 Å². The molecule has 0 unspecified atom stereocenters. The molecule has 0 aliphatic heterocycles. The van der Waals surface area contributed by atoms with Gasteiger partial charge in [0.1, 0.15) is 12.2 Å². The Morgan fingerprint density at radius 1 is 1.26 bits per heavy atom. The highest BCUT2D eigenvalue weighted by molar-refractivity contribution is 5.99. The summed E-state index contributed by atoms with van der Waals surface area (Å²) in [6.45, 7) is 2.89. The molecule has 0 aromatic carbocycles. The zero-order chi connectivity index (χ0) is 20.3. The monoisotopic (exact) mass is 381 g/mol. The molecular formula is C13H15N7O7. The third-order valence-electron chi connectivity index (χ3n) is 3.54. The Balaban J connectivity index is 2.28. The van der Waals surface area contributed by atoms with Gasteiger partial charge in [-0.2, -0.15) is 9.78 Å². The van der Waals surface area contributed by atoms with E-state index >= 15 is 0 Å². The molecule has 2 aromatic heterocycles. The number of ether oxygens (including phenoxy) is 1. The number of nitro groups is 2. The molecule has 1 amide bonds. The normalized spacial score (nSPS) is 10.5. The van der Waals surface area contributed by atoms with Crippen LogP contribution in [0.4, 0.5) is 17.2 Å². The largest absolute Gasteiger partial charge is 0.468 e. The first-order valence-electron chi connectivity index (χ1n) is 7.51. The van der Waals surface area contributed by atoms with Crippen LogP contribution in [0, 0.1) is 27.2 Å². The molecular weight excluding hydrogens is 366 g/mol. The van der Waals surface area contributed by atoms with E-state index in [9.17, 15) is 29.8 Å². The fourth-order valence-electron chi connectivity index (χ4n) is 2.26. The Bertz CT molecular complexity index is 930. The van der Waals surface area contributed by atoms with E-state index in [1.807, 2.05) is 0 Å². The number of methoxy groups -OCH3 is 1. The minimum atomic E-state index is -1.000. The second-order valence-electron chi connectivity index (χ2n) is 5.22. The minimum Gasteiger partial charge on any atom is -0.464 e. The number of rotatable bonds is 7. The van der Waals surface area contributed by atoms with Crippen LogP contribution in [0.3, 0.4) is 0 Å². The molecule has 144 valence electrons. The van der Waals surface area contributed by atoms with Gasteiger partial charge in [-0.3, -0.25) is 19.6 Å². The summed E-state index contributed by atoms with van der Waals surface area (Å²) in [4.78, 5) is 44.0. The lowest BCUT2D eigenvalue weighted by Crippen LogP contribution is -2.21. The number of amides is 1. The third kappa shape index (κ3) is 3.88. The Labute approximate surface area is 151 Å². The van der Waals surface area contributed by atoms with Crippen molar-refractivity contribution in [3.05, 3.63) is 37.8 Å². The van der Waals surface area contributed by atoms with Crippen LogP contribution in [0.1, 0.15) is 23.1 Å². The van der Waals surface area contributed by atoms with E-state index in [1.165, 1.54) is 17.8 Å². The van der Waals surface area contributed by atoms with E-state index in [1.54, 1.807) is 6.92 Å². The number of carbonyl (C=O) groups is 2. The molecule has 2 rings (SSSR count). The zero-order valence-corrected chi connectivity index (χ0v) is 14.5. The molecule has 0 radical (unpaired) electrons. The highest BCUT2D eigenvalue weighted by atomic mass is 16.6. The first-order valence-corrected chi connectivity index (χ1v) is 7.51. The van der Waals surface area contributed by atoms with Crippen molar-refractivity contribution in [3.8, 4) is 0 Å². The average molecular weight is 381 g/mol. The Hall–Kier alpha value is -3.84. The number of anilines is 1. The van der Waals surface area contributed by atoms with Crippen molar-refractivity contribution < 1.29 is 24.2 Å². The summed E-state index contributed by atoms with van der Waals surface area (Å²) >= 11 is 0. The molecule has 0 fully saturated rings. The summed E-state index contributed by atoms with van der Waals surface area (Å²) in [7, 11) is 1.16. The molecule has 0 saturated carbocycles. The van der Waals surface area contributed by atoms with Crippen LogP contribution >= 0.6 is 0 Å². The van der Waals surface area contributed by atoms with Crippen LogP contribution in [0.15, 0.2) is 6.20 Å². The minimum absolute atomic E-state index is 0.0718. The molecule has 0 bridgehead atoms. The maximum Gasteiger partial charge on any atom is 0.468 e. The SMILES string of the molecule is CCn1cc(NC(=O)Cn2nc([N+](=O)[O-])c([N+](=O)[O-])c2C)c(C(=O)OC)n1. The van der Waals surface area contributed by atoms with E-state index in [2.05, 4.69) is 20.3 Å². The molecule has 0 aliphatic rings. The summed E-state index contributed by atoms with van der Waals surface area (Å²) in [6.07, 6.45) is 1.41. The fourth-order valence-corrected chi connectivity index (χ4v) is 2.26. The van der Waals surface area contributed by atoms with Gasteiger partial charge in [-0.1, -0.05) is 0 Å². The number of hydrogen-bond donors (Lipinski definition) is 1. The van der Waals surface area contributed by atoms with Crippen molar-refractivity contribution in [3.63, 3.8) is 0 Å². The van der Waals surface area contributed by atoms with Gasteiger partial charge >= 0.3 is 17.5 Å². The maximum absolute atomic E-state index is 12.3. The van der Waals surface area contributed by atoms with Gasteiger partial charge in [0.2, 0.25) is 5.91 Å². The topological polar surface area (TPSA) is 177 Å². The summed E-state index contributed by atoms with van der Waals surface area (Å²) in [5.41, 5.74) is -0.995. The summed E-state index contributed by atoms with van der Waals surface area (Å²) in [6, 6.07) is 0. The van der Waals surface area contributed by atoms with Gasteiger partial charge in [0.05, 0.1) is 22.8 Å². The molecule has 0 spiro atoms. The number of carbonyl (C=O) groups excluding carboxylic acids is 2. The number of nitrogens with one attached hydrogen (secondary N) is 1. The van der Waals surface area contributed by atoms with Crippen LogP contribution in [0.5, 0.6) is 0 Å². The van der Waals surface area contributed by atoms with Crippen molar-refractivity contribution in [2.45, 2.75) is 26.9 Å². The van der Waals surface area contributed by atoms with Crippen LogP contribution in [-0.4, -0.2) is 48.4 Å². The van der Waals surface area contributed by atoms with Gasteiger partial charge < -0.3 is 20.2 Å². The van der Waals surface area contributed by atoms with Crippen molar-refractivity contribution >= 4 is 29.1 Å². The molecule has 2 aromatic rings. The molecule has 27 heavy (non-hydrogen) atoms. The fraction of sp³-hybridized carbons (Fsp3) is 0.385. The van der Waals surface area contributed by atoms with E-state index in [-0.39, 0.29) is 17.1 Å². The van der Waals surface area contributed by atoms with Gasteiger partial charge in [0.25, 0.3) is 0 Å². The average Bonchev–Trinajstić information content (AvgIpc) is 3.15. The molecule has 1 N–H and O–H groups in total. The lowest BCUT2D eigenvalue weighted by molar-refractivity contribution is -0.424. The third-order valence-corrected chi connectivity index (χ3v) is 3.54. The second kappa shape index (κ2) is 7.59. The molecule has 2 heterocycles. The number of aryl methyl sites for hydroxylation is 1. The first-order chi connectivity index (χ1) is 12.7. The van der Waals surface area contributed by atoms with Crippen molar-refractivity contribution in [2.75, 3.05) is 12.4 Å². The van der Waals surface area contributed by atoms with Crippen molar-refractivity contribution in [1.82, 2.24) is 19.6 Å². The number of nitrogens with zero attached hydrogens (tertiary/aromatic N) is 6. The molecule has 0 saturated heterocycles. The predicted molar refractivity (Wildman–Crippen MR) is 88.1 cm³/mol. The summed E-state index contributed by atoms with van der Waals surface area (Å²) in [5, 5.41) is 31.8. The standard InChI is InChI=1S/C13H15N7O7/c1-4-17-5-8(10(15-17)13(22)27-3)14-9(21)6-18-7(2)11(19(23)24)12(16-18)20(25)26/h5H,4,6H2,1-3H3,(H,14,21). The highest BCUT2D eigenvalue weighted by Crippen LogP contribution is 2.29. The van der Waals surface area contributed by atoms with Gasteiger partial charge in [0, 0.05) is 12.7 Å². The van der Waals surface area contributed by atoms with Crippen molar-refractivity contribution in [1.29, 1.82) is 0 Å². The van der Waals surface area contributed by atoms with Crippen LogP contribution in [-0.2, 0) is 22.6 Å². The first kappa shape index (κ1) is 19.5. The van der Waals surface area contributed by atoms with E-state index in [0.29, 0.717) is 6.54 Å². The van der Waals surface area contributed by atoms with E-state index < -0.39 is 39.8 Å². The van der Waals surface area contributed by atoms with Crippen LogP contribution in [0.2, 0.25) is 0 Å². The van der Waals surface area contributed by atoms with Crippen LogP contribution in [0.25, 0.3) is 0 Å². The quantitative estimate of drug-likeness (QED) is 0.409. The number of aromatic nitrogens is 4. The Morgan fingerprint density at radius 3 is 2.41 bits per heavy atom. The second-order valence-corrected chi connectivity index (χ2v) is 5.22. The molecule has 14 nitrogen and oxygen atoms in total. The van der Waals surface area contributed by atoms with Gasteiger partial charge in [-0.25, -0.2) is 4.79 Å². The maximum atomic E-state index is 12.3. The zero-order valence-electron chi connectivity index (χ0n) is 14.5. The van der Waals surface area contributed by atoms with Crippen LogP contribution < -0.4 is 5.32 Å². The highest BCUT2D eigenvalue weighted by Gasteiger charge is 2.36. The molecule has 0 aliphatic carbocycles. The molecule has 0 atom stereocenters. The lowest BCUT2D eigenvalue weighted by atomic mass is 10.3.